The molecule has 5 nitrogen and oxygen atoms in total. The minimum atomic E-state index is -0.820. The minimum Gasteiger partial charge on any atom is -0.480 e. The van der Waals surface area contributed by atoms with Crippen molar-refractivity contribution in [1.29, 1.82) is 0 Å². The fraction of sp³-hybridized carbons (Fsp3) is 0.500. The van der Waals surface area contributed by atoms with Crippen molar-refractivity contribution in [2.24, 2.45) is 0 Å². The molecule has 0 amide bonds. The molecule has 72 valence electrons. The van der Waals surface area contributed by atoms with Gasteiger partial charge in [0.05, 0.1) is 6.33 Å². The van der Waals surface area contributed by atoms with Crippen LogP contribution in [0.5, 0.6) is 0 Å². The monoisotopic (exact) mass is 183 g/mol. The molecule has 1 rings (SSSR count). The van der Waals surface area contributed by atoms with E-state index in [-0.39, 0.29) is 0 Å². The molecule has 13 heavy (non-hydrogen) atoms. The smallest absolute Gasteiger partial charge is 0.321 e. The van der Waals surface area contributed by atoms with E-state index in [4.69, 9.17) is 5.11 Å². The summed E-state index contributed by atoms with van der Waals surface area (Å²) in [5.41, 5.74) is 0.834. The van der Waals surface area contributed by atoms with Crippen molar-refractivity contribution in [3.63, 3.8) is 0 Å². The second-order valence-corrected chi connectivity index (χ2v) is 3.10. The van der Waals surface area contributed by atoms with Crippen LogP contribution in [0.25, 0.3) is 0 Å². The zero-order chi connectivity index (χ0) is 9.84. The summed E-state index contributed by atoms with van der Waals surface area (Å²) in [7, 11) is 3.49. The van der Waals surface area contributed by atoms with Gasteiger partial charge in [-0.3, -0.25) is 9.69 Å². The average Bonchev–Trinajstić information content (AvgIpc) is 2.50. The lowest BCUT2D eigenvalue weighted by Gasteiger charge is -2.18. The van der Waals surface area contributed by atoms with Crippen molar-refractivity contribution in [1.82, 2.24) is 14.9 Å². The first-order chi connectivity index (χ1) is 6.11. The number of rotatable bonds is 4. The highest BCUT2D eigenvalue weighted by molar-refractivity contribution is 5.73. The Morgan fingerprint density at radius 3 is 2.85 bits per heavy atom. The zero-order valence-electron chi connectivity index (χ0n) is 7.69. The van der Waals surface area contributed by atoms with Gasteiger partial charge in [-0.25, -0.2) is 4.98 Å². The lowest BCUT2D eigenvalue weighted by Crippen LogP contribution is -2.37. The maximum absolute atomic E-state index is 10.8. The molecule has 0 bridgehead atoms. The summed E-state index contributed by atoms with van der Waals surface area (Å²) in [5.74, 6) is -0.820. The average molecular weight is 183 g/mol. The Morgan fingerprint density at radius 1 is 1.77 bits per heavy atom. The van der Waals surface area contributed by atoms with Gasteiger partial charge in [0.15, 0.2) is 0 Å². The maximum atomic E-state index is 10.8. The van der Waals surface area contributed by atoms with Crippen molar-refractivity contribution in [2.75, 3.05) is 14.1 Å². The number of likely N-dealkylation sites (N-methyl/N-ethyl adjacent to an activating group) is 1. The number of aliphatic carboxylic acids is 1. The minimum absolute atomic E-state index is 0.447. The summed E-state index contributed by atoms with van der Waals surface area (Å²) in [6.07, 6.45) is 3.63. The molecule has 0 unspecified atom stereocenters. The number of hydrogen-bond donors (Lipinski definition) is 2. The molecule has 5 heteroatoms. The predicted octanol–water partition coefficient (Wildman–Crippen LogP) is -0.0330. The van der Waals surface area contributed by atoms with Crippen LogP contribution in [-0.2, 0) is 11.2 Å². The highest BCUT2D eigenvalue weighted by Crippen LogP contribution is 2.03. The van der Waals surface area contributed by atoms with Crippen LogP contribution in [0.2, 0.25) is 0 Å². The Morgan fingerprint density at radius 2 is 2.46 bits per heavy atom. The van der Waals surface area contributed by atoms with Crippen molar-refractivity contribution < 1.29 is 9.90 Å². The quantitative estimate of drug-likeness (QED) is 0.687. The largest absolute Gasteiger partial charge is 0.480 e. The number of nitrogens with zero attached hydrogens (tertiary/aromatic N) is 2. The van der Waals surface area contributed by atoms with Gasteiger partial charge in [-0.05, 0) is 14.1 Å². The summed E-state index contributed by atoms with van der Waals surface area (Å²) >= 11 is 0. The van der Waals surface area contributed by atoms with E-state index in [9.17, 15) is 4.79 Å². The number of aromatic nitrogens is 2. The second-order valence-electron chi connectivity index (χ2n) is 3.10. The normalized spacial score (nSPS) is 13.2. The molecule has 0 aromatic carbocycles. The molecule has 1 atom stereocenters. The van der Waals surface area contributed by atoms with E-state index in [1.807, 2.05) is 0 Å². The molecule has 0 saturated heterocycles. The number of hydrogen-bond acceptors (Lipinski definition) is 3. The molecule has 0 radical (unpaired) electrons. The summed E-state index contributed by atoms with van der Waals surface area (Å²) in [5, 5.41) is 8.87. The number of carbonyl (C=O) groups is 1. The molecule has 2 N–H and O–H groups in total. The van der Waals surface area contributed by atoms with Gasteiger partial charge >= 0.3 is 5.97 Å². The van der Waals surface area contributed by atoms with Crippen LogP contribution in [-0.4, -0.2) is 46.1 Å². The van der Waals surface area contributed by atoms with Crippen LogP contribution >= 0.6 is 0 Å². The molecule has 0 aliphatic heterocycles. The van der Waals surface area contributed by atoms with Crippen LogP contribution in [0.15, 0.2) is 12.5 Å². The Labute approximate surface area is 76.4 Å². The van der Waals surface area contributed by atoms with Crippen LogP contribution in [0.3, 0.4) is 0 Å². The molecule has 0 saturated carbocycles. The van der Waals surface area contributed by atoms with Gasteiger partial charge in [-0.1, -0.05) is 0 Å². The van der Waals surface area contributed by atoms with Gasteiger partial charge < -0.3 is 10.1 Å². The molecule has 1 aromatic heterocycles. The predicted molar refractivity (Wildman–Crippen MR) is 47.4 cm³/mol. The highest BCUT2D eigenvalue weighted by atomic mass is 16.4. The second kappa shape index (κ2) is 4.04. The Kier molecular flexibility index (Phi) is 3.02. The topological polar surface area (TPSA) is 69.2 Å². The Bertz CT molecular complexity index is 269. The van der Waals surface area contributed by atoms with Crippen molar-refractivity contribution >= 4 is 5.97 Å². The number of aromatic amines is 1. The standard InChI is InChI=1S/C8H13N3O2/c1-11(2)7(8(12)13)3-6-4-9-5-10-6/h4-5,7H,3H2,1-2H3,(H,9,10)(H,12,13)/t7-/m1/s1. The molecule has 0 aliphatic carbocycles. The summed E-state index contributed by atoms with van der Waals surface area (Å²) in [4.78, 5) is 19.2. The van der Waals surface area contributed by atoms with Crippen LogP contribution in [0, 0.1) is 0 Å². The third-order valence-electron chi connectivity index (χ3n) is 1.88. The Hall–Kier alpha value is -1.36. The molecule has 0 spiro atoms. The Balaban J connectivity index is 2.63. The SMILES string of the molecule is CN(C)[C@H](Cc1cnc[nH]1)C(=O)O. The first kappa shape index (κ1) is 9.73. The summed E-state index contributed by atoms with van der Waals surface area (Å²) in [6.45, 7) is 0. The third kappa shape index (κ3) is 2.55. The van der Waals surface area contributed by atoms with E-state index >= 15 is 0 Å². The van der Waals surface area contributed by atoms with Gasteiger partial charge in [0, 0.05) is 18.3 Å². The van der Waals surface area contributed by atoms with Gasteiger partial charge in [0.1, 0.15) is 6.04 Å². The van der Waals surface area contributed by atoms with Crippen LogP contribution in [0.1, 0.15) is 5.69 Å². The lowest BCUT2D eigenvalue weighted by atomic mass is 10.1. The lowest BCUT2D eigenvalue weighted by molar-refractivity contribution is -0.142. The summed E-state index contributed by atoms with van der Waals surface area (Å²) < 4.78 is 0. The van der Waals surface area contributed by atoms with E-state index in [0.717, 1.165) is 5.69 Å². The molecular formula is C8H13N3O2. The van der Waals surface area contributed by atoms with Gasteiger partial charge in [0.2, 0.25) is 0 Å². The number of imidazole rings is 1. The number of nitrogens with one attached hydrogen (secondary N) is 1. The van der Waals surface area contributed by atoms with Crippen molar-refractivity contribution in [3.05, 3.63) is 18.2 Å². The fourth-order valence-corrected chi connectivity index (χ4v) is 1.10. The van der Waals surface area contributed by atoms with E-state index in [1.54, 1.807) is 31.5 Å². The third-order valence-corrected chi connectivity index (χ3v) is 1.88. The zero-order valence-corrected chi connectivity index (χ0v) is 7.69. The van der Waals surface area contributed by atoms with Crippen LogP contribution < -0.4 is 0 Å². The molecule has 1 heterocycles. The maximum Gasteiger partial charge on any atom is 0.321 e. The van der Waals surface area contributed by atoms with E-state index < -0.39 is 12.0 Å². The first-order valence-corrected chi connectivity index (χ1v) is 3.97. The number of carboxylic acids is 1. The van der Waals surface area contributed by atoms with Crippen molar-refractivity contribution in [2.45, 2.75) is 12.5 Å². The van der Waals surface area contributed by atoms with Crippen LogP contribution in [0.4, 0.5) is 0 Å². The number of carboxylic acid groups (broad SMARTS) is 1. The van der Waals surface area contributed by atoms with E-state index in [2.05, 4.69) is 9.97 Å². The van der Waals surface area contributed by atoms with Gasteiger partial charge in [-0.2, -0.15) is 0 Å². The number of H-pyrrole nitrogens is 1. The first-order valence-electron chi connectivity index (χ1n) is 3.97. The van der Waals surface area contributed by atoms with E-state index in [0.29, 0.717) is 6.42 Å². The van der Waals surface area contributed by atoms with Crippen molar-refractivity contribution in [3.8, 4) is 0 Å². The molecule has 0 fully saturated rings. The fourth-order valence-electron chi connectivity index (χ4n) is 1.10. The van der Waals surface area contributed by atoms with Gasteiger partial charge in [0.25, 0.3) is 0 Å². The molecular weight excluding hydrogens is 170 g/mol. The molecule has 0 aliphatic rings. The summed E-state index contributed by atoms with van der Waals surface area (Å²) in [6, 6.07) is -0.500. The van der Waals surface area contributed by atoms with Gasteiger partial charge in [-0.15, -0.1) is 0 Å². The highest BCUT2D eigenvalue weighted by Gasteiger charge is 2.20. The molecule has 1 aromatic rings. The van der Waals surface area contributed by atoms with E-state index in [1.165, 1.54) is 0 Å².